The zero-order valence-corrected chi connectivity index (χ0v) is 13.4. The van der Waals surface area contributed by atoms with Crippen LogP contribution < -0.4 is 10.2 Å². The normalized spacial score (nSPS) is 16.4. The van der Waals surface area contributed by atoms with E-state index in [9.17, 15) is 0 Å². The van der Waals surface area contributed by atoms with Crippen molar-refractivity contribution in [2.45, 2.75) is 52.5 Å². The van der Waals surface area contributed by atoms with Crippen LogP contribution in [0.15, 0.2) is 18.2 Å². The van der Waals surface area contributed by atoms with E-state index in [2.05, 4.69) is 49.3 Å². The average molecular weight is 274 g/mol. The first-order valence-corrected chi connectivity index (χ1v) is 8.22. The van der Waals surface area contributed by atoms with Crippen molar-refractivity contribution in [3.8, 4) is 0 Å². The maximum absolute atomic E-state index is 3.46. The van der Waals surface area contributed by atoms with Gasteiger partial charge in [-0.25, -0.2) is 0 Å². The van der Waals surface area contributed by atoms with Gasteiger partial charge in [-0.1, -0.05) is 43.9 Å². The van der Waals surface area contributed by atoms with Gasteiger partial charge in [0.1, 0.15) is 0 Å². The van der Waals surface area contributed by atoms with E-state index in [4.69, 9.17) is 0 Å². The minimum Gasteiger partial charge on any atom is -0.374 e. The first-order valence-electron chi connectivity index (χ1n) is 8.22. The molecule has 1 aromatic carbocycles. The van der Waals surface area contributed by atoms with Crippen molar-refractivity contribution in [1.82, 2.24) is 5.32 Å². The molecule has 20 heavy (non-hydrogen) atoms. The molecule has 2 rings (SSSR count). The van der Waals surface area contributed by atoms with E-state index >= 15 is 0 Å². The summed E-state index contributed by atoms with van der Waals surface area (Å²) in [7, 11) is 2.26. The van der Waals surface area contributed by atoms with Crippen LogP contribution in [0.1, 0.15) is 50.2 Å². The van der Waals surface area contributed by atoms with Crippen molar-refractivity contribution in [3.63, 3.8) is 0 Å². The van der Waals surface area contributed by atoms with Gasteiger partial charge in [0.25, 0.3) is 0 Å². The lowest BCUT2D eigenvalue weighted by Gasteiger charge is -2.30. The highest BCUT2D eigenvalue weighted by Gasteiger charge is 2.17. The third-order valence-electron chi connectivity index (χ3n) is 4.47. The molecule has 0 heterocycles. The molecule has 0 atom stereocenters. The molecule has 2 heteroatoms. The van der Waals surface area contributed by atoms with E-state index in [1.165, 1.54) is 55.5 Å². The fourth-order valence-electron chi connectivity index (χ4n) is 3.34. The Bertz CT molecular complexity index is 408. The van der Waals surface area contributed by atoms with Gasteiger partial charge in [0, 0.05) is 25.8 Å². The van der Waals surface area contributed by atoms with E-state index in [1.807, 2.05) is 0 Å². The SMILES string of the molecule is CCNCc1cc(C)ccc1N(C)CC1CCCCC1. The van der Waals surface area contributed by atoms with Gasteiger partial charge in [-0.15, -0.1) is 0 Å². The van der Waals surface area contributed by atoms with Crippen LogP contribution in [-0.4, -0.2) is 20.1 Å². The predicted octanol–water partition coefficient (Wildman–Crippen LogP) is 4.12. The Hall–Kier alpha value is -1.02. The summed E-state index contributed by atoms with van der Waals surface area (Å²) in [5, 5.41) is 3.46. The quantitative estimate of drug-likeness (QED) is 0.839. The lowest BCUT2D eigenvalue weighted by atomic mass is 9.89. The number of hydrogen-bond acceptors (Lipinski definition) is 2. The maximum Gasteiger partial charge on any atom is 0.0409 e. The third kappa shape index (κ3) is 4.24. The molecule has 1 aromatic rings. The van der Waals surface area contributed by atoms with Crippen molar-refractivity contribution in [3.05, 3.63) is 29.3 Å². The molecule has 2 nitrogen and oxygen atoms in total. The molecule has 1 fully saturated rings. The van der Waals surface area contributed by atoms with E-state index in [-0.39, 0.29) is 0 Å². The molecule has 0 unspecified atom stereocenters. The molecular formula is C18H30N2. The van der Waals surface area contributed by atoms with Gasteiger partial charge >= 0.3 is 0 Å². The lowest BCUT2D eigenvalue weighted by Crippen LogP contribution is -2.28. The molecule has 1 saturated carbocycles. The monoisotopic (exact) mass is 274 g/mol. The summed E-state index contributed by atoms with van der Waals surface area (Å²) in [6.45, 7) is 7.56. The van der Waals surface area contributed by atoms with Crippen LogP contribution in [0.3, 0.4) is 0 Å². The number of aryl methyl sites for hydroxylation is 1. The van der Waals surface area contributed by atoms with Crippen LogP contribution in [0.25, 0.3) is 0 Å². The number of nitrogens with one attached hydrogen (secondary N) is 1. The van der Waals surface area contributed by atoms with Crippen LogP contribution in [0.2, 0.25) is 0 Å². The van der Waals surface area contributed by atoms with Crippen LogP contribution in [0.4, 0.5) is 5.69 Å². The Morgan fingerprint density at radius 2 is 1.95 bits per heavy atom. The second-order valence-electron chi connectivity index (χ2n) is 6.30. The highest BCUT2D eigenvalue weighted by atomic mass is 15.1. The molecule has 0 saturated heterocycles. The Labute approximate surface area is 124 Å². The van der Waals surface area contributed by atoms with Crippen LogP contribution in [0, 0.1) is 12.8 Å². The Kier molecular flexibility index (Phi) is 5.90. The lowest BCUT2D eigenvalue weighted by molar-refractivity contribution is 0.362. The highest BCUT2D eigenvalue weighted by Crippen LogP contribution is 2.27. The molecule has 0 aliphatic heterocycles. The van der Waals surface area contributed by atoms with Crippen LogP contribution >= 0.6 is 0 Å². The summed E-state index contributed by atoms with van der Waals surface area (Å²) in [4.78, 5) is 2.47. The smallest absolute Gasteiger partial charge is 0.0409 e. The highest BCUT2D eigenvalue weighted by molar-refractivity contribution is 5.54. The zero-order valence-electron chi connectivity index (χ0n) is 13.4. The summed E-state index contributed by atoms with van der Waals surface area (Å²) >= 11 is 0. The Morgan fingerprint density at radius 1 is 1.20 bits per heavy atom. The van der Waals surface area contributed by atoms with Gasteiger partial charge in [0.2, 0.25) is 0 Å². The molecule has 112 valence electrons. The van der Waals surface area contributed by atoms with Gasteiger partial charge in [-0.2, -0.15) is 0 Å². The van der Waals surface area contributed by atoms with Crippen molar-refractivity contribution in [1.29, 1.82) is 0 Å². The number of nitrogens with zero attached hydrogens (tertiary/aromatic N) is 1. The number of rotatable bonds is 6. The topological polar surface area (TPSA) is 15.3 Å². The Balaban J connectivity index is 2.05. The van der Waals surface area contributed by atoms with Crippen molar-refractivity contribution in [2.24, 2.45) is 5.92 Å². The first kappa shape index (κ1) is 15.4. The third-order valence-corrected chi connectivity index (χ3v) is 4.47. The summed E-state index contributed by atoms with van der Waals surface area (Å²) in [6.07, 6.45) is 7.13. The average Bonchev–Trinajstić information content (AvgIpc) is 2.46. The fraction of sp³-hybridized carbons (Fsp3) is 0.667. The van der Waals surface area contributed by atoms with Crippen molar-refractivity contribution in [2.75, 3.05) is 25.0 Å². The van der Waals surface area contributed by atoms with E-state index < -0.39 is 0 Å². The molecule has 1 aliphatic carbocycles. The summed E-state index contributed by atoms with van der Waals surface area (Å²) in [5.41, 5.74) is 4.19. The van der Waals surface area contributed by atoms with Gasteiger partial charge in [0.05, 0.1) is 0 Å². The molecule has 1 aliphatic rings. The second-order valence-corrected chi connectivity index (χ2v) is 6.30. The van der Waals surface area contributed by atoms with E-state index in [1.54, 1.807) is 0 Å². The number of benzene rings is 1. The zero-order chi connectivity index (χ0) is 14.4. The number of hydrogen-bond donors (Lipinski definition) is 1. The van der Waals surface area contributed by atoms with E-state index in [0.717, 1.165) is 19.0 Å². The summed E-state index contributed by atoms with van der Waals surface area (Å²) in [6, 6.07) is 6.86. The standard InChI is InChI=1S/C18H30N2/c1-4-19-13-17-12-15(2)10-11-18(17)20(3)14-16-8-6-5-7-9-16/h10-12,16,19H,4-9,13-14H2,1-3H3. The largest absolute Gasteiger partial charge is 0.374 e. The van der Waals surface area contributed by atoms with E-state index in [0.29, 0.717) is 0 Å². The van der Waals surface area contributed by atoms with Gasteiger partial charge in [-0.05, 0) is 43.9 Å². The molecule has 0 spiro atoms. The van der Waals surface area contributed by atoms with Gasteiger partial charge < -0.3 is 10.2 Å². The molecule has 0 radical (unpaired) electrons. The maximum atomic E-state index is 3.46. The molecule has 0 bridgehead atoms. The minimum absolute atomic E-state index is 0.891. The molecule has 1 N–H and O–H groups in total. The molecule has 0 aromatic heterocycles. The van der Waals surface area contributed by atoms with Gasteiger partial charge in [-0.3, -0.25) is 0 Å². The molecule has 0 amide bonds. The van der Waals surface area contributed by atoms with Crippen molar-refractivity contribution >= 4 is 5.69 Å². The summed E-state index contributed by atoms with van der Waals surface area (Å²) in [5.74, 6) is 0.891. The number of anilines is 1. The van der Waals surface area contributed by atoms with Gasteiger partial charge in [0.15, 0.2) is 0 Å². The minimum atomic E-state index is 0.891. The second kappa shape index (κ2) is 7.68. The molecular weight excluding hydrogens is 244 g/mol. The first-order chi connectivity index (χ1) is 9.70. The fourth-order valence-corrected chi connectivity index (χ4v) is 3.34. The van der Waals surface area contributed by atoms with Crippen LogP contribution in [0.5, 0.6) is 0 Å². The Morgan fingerprint density at radius 3 is 2.65 bits per heavy atom. The predicted molar refractivity (Wildman–Crippen MR) is 88.4 cm³/mol. The summed E-state index contributed by atoms with van der Waals surface area (Å²) < 4.78 is 0. The van der Waals surface area contributed by atoms with Crippen molar-refractivity contribution < 1.29 is 0 Å². The van der Waals surface area contributed by atoms with Crippen LogP contribution in [-0.2, 0) is 6.54 Å².